The van der Waals surface area contributed by atoms with Crippen molar-refractivity contribution in [2.75, 3.05) is 31.1 Å². The second-order valence-corrected chi connectivity index (χ2v) is 10.5. The molecule has 200 valence electrons. The van der Waals surface area contributed by atoms with Crippen LogP contribution in [-0.4, -0.2) is 60.1 Å². The van der Waals surface area contributed by atoms with E-state index in [-0.39, 0.29) is 12.0 Å². The van der Waals surface area contributed by atoms with Gasteiger partial charge in [0.25, 0.3) is 5.91 Å². The molecule has 0 bridgehead atoms. The van der Waals surface area contributed by atoms with Crippen LogP contribution in [0.4, 0.5) is 5.69 Å². The summed E-state index contributed by atoms with van der Waals surface area (Å²) in [7, 11) is 0. The van der Waals surface area contributed by atoms with Crippen molar-refractivity contribution in [3.05, 3.63) is 84.2 Å². The van der Waals surface area contributed by atoms with Gasteiger partial charge in [0.1, 0.15) is 5.75 Å². The molecule has 0 saturated heterocycles. The number of thioether (sulfide) groups is 1. The maximum absolute atomic E-state index is 14.2. The molecular weight excluding hydrogens is 498 g/mol. The van der Waals surface area contributed by atoms with Crippen LogP contribution in [0.15, 0.2) is 78.0 Å². The molecule has 2 atom stereocenters. The van der Waals surface area contributed by atoms with E-state index in [1.165, 1.54) is 18.0 Å². The number of anilines is 1. The number of fused-ring (bicyclic) bond motifs is 1. The minimum Gasteiger partial charge on any atom is -0.491 e. The molecule has 3 aromatic rings. The number of carbonyl (C=O) groups is 2. The van der Waals surface area contributed by atoms with E-state index < -0.39 is 17.3 Å². The van der Waals surface area contributed by atoms with E-state index in [1.54, 1.807) is 23.2 Å². The molecular formula is C30H35N3O4S. The summed E-state index contributed by atoms with van der Waals surface area (Å²) in [5, 5.41) is -0.448. The maximum Gasteiger partial charge on any atom is 0.340 e. The van der Waals surface area contributed by atoms with Crippen molar-refractivity contribution in [1.29, 1.82) is 0 Å². The zero-order chi connectivity index (χ0) is 27.1. The number of benzene rings is 2. The smallest absolute Gasteiger partial charge is 0.340 e. The minimum absolute atomic E-state index is 0.0501. The van der Waals surface area contributed by atoms with E-state index in [4.69, 9.17) is 9.47 Å². The summed E-state index contributed by atoms with van der Waals surface area (Å²) in [6, 6.07) is 18.9. The van der Waals surface area contributed by atoms with Crippen LogP contribution in [-0.2, 0) is 9.53 Å². The number of esters is 1. The second-order valence-electron chi connectivity index (χ2n) is 9.33. The van der Waals surface area contributed by atoms with Crippen molar-refractivity contribution in [1.82, 2.24) is 9.88 Å². The van der Waals surface area contributed by atoms with Crippen molar-refractivity contribution >= 4 is 29.3 Å². The van der Waals surface area contributed by atoms with Gasteiger partial charge in [-0.15, -0.1) is 11.8 Å². The number of amides is 1. The van der Waals surface area contributed by atoms with E-state index in [0.717, 1.165) is 35.0 Å². The van der Waals surface area contributed by atoms with E-state index in [9.17, 15) is 9.59 Å². The summed E-state index contributed by atoms with van der Waals surface area (Å²) >= 11 is 1.54. The predicted molar refractivity (Wildman–Crippen MR) is 151 cm³/mol. The number of ether oxygens (including phenoxy) is 2. The SMILES string of the molecule is CCN(CC)CCN1C(=O)[C@H](OC(=O)c2cccnc2)[C@H](c2ccc(OC(C)C)cc2)Sc2ccccc21. The largest absolute Gasteiger partial charge is 0.491 e. The molecule has 0 fully saturated rings. The number of likely N-dealkylation sites (N-methyl/N-ethyl adjacent to an activating group) is 1. The van der Waals surface area contributed by atoms with Gasteiger partial charge in [-0.2, -0.15) is 0 Å². The Morgan fingerprint density at radius 1 is 1.05 bits per heavy atom. The van der Waals surface area contributed by atoms with E-state index in [1.807, 2.05) is 62.4 Å². The highest BCUT2D eigenvalue weighted by atomic mass is 32.2. The van der Waals surface area contributed by atoms with Crippen LogP contribution < -0.4 is 9.64 Å². The average Bonchev–Trinajstić information content (AvgIpc) is 3.04. The Kier molecular flexibility index (Phi) is 9.42. The number of pyridine rings is 1. The molecule has 4 rings (SSSR count). The monoisotopic (exact) mass is 533 g/mol. The molecule has 2 heterocycles. The number of carbonyl (C=O) groups excluding carboxylic acids is 2. The normalized spacial score (nSPS) is 17.3. The highest BCUT2D eigenvalue weighted by molar-refractivity contribution is 7.99. The third-order valence-corrected chi connectivity index (χ3v) is 7.81. The molecule has 0 N–H and O–H groups in total. The minimum atomic E-state index is -1.03. The average molecular weight is 534 g/mol. The first-order valence-corrected chi connectivity index (χ1v) is 14.0. The fourth-order valence-electron chi connectivity index (χ4n) is 4.42. The Bertz CT molecular complexity index is 1220. The van der Waals surface area contributed by atoms with Crippen molar-refractivity contribution in [3.63, 3.8) is 0 Å². The molecule has 1 amide bonds. The van der Waals surface area contributed by atoms with Crippen LogP contribution in [0.2, 0.25) is 0 Å². The highest BCUT2D eigenvalue weighted by Crippen LogP contribution is 2.47. The number of rotatable bonds is 10. The van der Waals surface area contributed by atoms with Gasteiger partial charge in [0, 0.05) is 30.4 Å². The molecule has 1 aromatic heterocycles. The number of aromatic nitrogens is 1. The van der Waals surface area contributed by atoms with Crippen molar-refractivity contribution in [2.45, 2.75) is 50.0 Å². The van der Waals surface area contributed by atoms with Gasteiger partial charge in [0.05, 0.1) is 22.6 Å². The lowest BCUT2D eigenvalue weighted by molar-refractivity contribution is -0.127. The number of nitrogens with zero attached hydrogens (tertiary/aromatic N) is 3. The predicted octanol–water partition coefficient (Wildman–Crippen LogP) is 5.62. The van der Waals surface area contributed by atoms with Gasteiger partial charge >= 0.3 is 5.97 Å². The van der Waals surface area contributed by atoms with Gasteiger partial charge in [0.15, 0.2) is 6.10 Å². The summed E-state index contributed by atoms with van der Waals surface area (Å²) in [6.45, 7) is 11.2. The van der Waals surface area contributed by atoms with Crippen LogP contribution in [0.1, 0.15) is 48.9 Å². The fraction of sp³-hybridized carbons (Fsp3) is 0.367. The Hall–Kier alpha value is -3.36. The third kappa shape index (κ3) is 6.55. The lowest BCUT2D eigenvalue weighted by Crippen LogP contribution is -2.46. The van der Waals surface area contributed by atoms with E-state index >= 15 is 0 Å². The van der Waals surface area contributed by atoms with Crippen LogP contribution in [0.5, 0.6) is 5.75 Å². The molecule has 38 heavy (non-hydrogen) atoms. The van der Waals surface area contributed by atoms with Gasteiger partial charge in [-0.05, 0) is 68.9 Å². The molecule has 1 aliphatic heterocycles. The van der Waals surface area contributed by atoms with Crippen molar-refractivity contribution in [3.8, 4) is 5.75 Å². The Labute approximate surface area is 229 Å². The molecule has 0 unspecified atom stereocenters. The van der Waals surface area contributed by atoms with Crippen LogP contribution in [0, 0.1) is 0 Å². The Morgan fingerprint density at radius 2 is 1.79 bits per heavy atom. The zero-order valence-electron chi connectivity index (χ0n) is 22.4. The molecule has 7 nitrogen and oxygen atoms in total. The van der Waals surface area contributed by atoms with Gasteiger partial charge in [0.2, 0.25) is 0 Å². The molecule has 0 radical (unpaired) electrons. The summed E-state index contributed by atoms with van der Waals surface area (Å²) in [5.74, 6) is -0.0605. The first kappa shape index (κ1) is 27.7. The topological polar surface area (TPSA) is 72.0 Å². The van der Waals surface area contributed by atoms with E-state index in [0.29, 0.717) is 18.7 Å². The van der Waals surface area contributed by atoms with Crippen LogP contribution in [0.3, 0.4) is 0 Å². The highest BCUT2D eigenvalue weighted by Gasteiger charge is 2.41. The Morgan fingerprint density at radius 3 is 2.45 bits per heavy atom. The van der Waals surface area contributed by atoms with Crippen LogP contribution in [0.25, 0.3) is 0 Å². The van der Waals surface area contributed by atoms with Crippen LogP contribution >= 0.6 is 11.8 Å². The number of hydrogen-bond donors (Lipinski definition) is 0. The summed E-state index contributed by atoms with van der Waals surface area (Å²) in [4.78, 5) is 36.5. The zero-order valence-corrected chi connectivity index (χ0v) is 23.2. The molecule has 0 spiro atoms. The lowest BCUT2D eigenvalue weighted by Gasteiger charge is -2.29. The second kappa shape index (κ2) is 12.9. The fourth-order valence-corrected chi connectivity index (χ4v) is 5.74. The standard InChI is InChI=1S/C30H35N3O4S/c1-5-32(6-2)18-19-33-25-11-7-8-12-26(25)38-28(22-13-15-24(16-14-22)36-21(3)4)27(29(33)34)37-30(35)23-10-9-17-31-20-23/h7-17,20-21,27-28H,5-6,18-19H2,1-4H3/t27-,28+/m1/s1. The quantitative estimate of drug-likeness (QED) is 0.313. The molecule has 1 aliphatic rings. The first-order chi connectivity index (χ1) is 18.4. The summed E-state index contributed by atoms with van der Waals surface area (Å²) < 4.78 is 11.8. The van der Waals surface area contributed by atoms with Gasteiger partial charge < -0.3 is 19.3 Å². The number of hydrogen-bond acceptors (Lipinski definition) is 7. The van der Waals surface area contributed by atoms with Crippen molar-refractivity contribution in [2.24, 2.45) is 0 Å². The van der Waals surface area contributed by atoms with Crippen molar-refractivity contribution < 1.29 is 19.1 Å². The lowest BCUT2D eigenvalue weighted by atomic mass is 10.1. The molecule has 0 aliphatic carbocycles. The summed E-state index contributed by atoms with van der Waals surface area (Å²) in [6.07, 6.45) is 2.07. The van der Waals surface area contributed by atoms with Gasteiger partial charge in [-0.3, -0.25) is 9.78 Å². The number of para-hydroxylation sites is 1. The Balaban J connectivity index is 1.73. The third-order valence-electron chi connectivity index (χ3n) is 6.44. The van der Waals surface area contributed by atoms with Gasteiger partial charge in [-0.25, -0.2) is 4.79 Å². The molecule has 0 saturated carbocycles. The molecule has 8 heteroatoms. The maximum atomic E-state index is 14.2. The van der Waals surface area contributed by atoms with Gasteiger partial charge in [-0.1, -0.05) is 38.1 Å². The first-order valence-electron chi connectivity index (χ1n) is 13.1. The summed E-state index contributed by atoms with van der Waals surface area (Å²) in [5.41, 5.74) is 2.02. The molecule has 2 aromatic carbocycles. The van der Waals surface area contributed by atoms with E-state index in [2.05, 4.69) is 23.7 Å².